The first-order valence-electron chi connectivity index (χ1n) is 7.44. The fourth-order valence-electron chi connectivity index (χ4n) is 2.77. The average Bonchev–Trinajstić information content (AvgIpc) is 2.87. The van der Waals surface area contributed by atoms with Gasteiger partial charge in [0.2, 0.25) is 0 Å². The molecule has 0 bridgehead atoms. The minimum atomic E-state index is -0.652. The molecule has 1 aliphatic heterocycles. The highest BCUT2D eigenvalue weighted by molar-refractivity contribution is 7.09. The van der Waals surface area contributed by atoms with Crippen molar-refractivity contribution in [2.45, 2.75) is 52.1 Å². The highest BCUT2D eigenvalue weighted by atomic mass is 32.1. The quantitative estimate of drug-likeness (QED) is 0.929. The molecule has 4 nitrogen and oxygen atoms in total. The van der Waals surface area contributed by atoms with Crippen LogP contribution >= 0.6 is 11.3 Å². The van der Waals surface area contributed by atoms with Crippen molar-refractivity contribution in [3.63, 3.8) is 0 Å². The number of amides is 1. The summed E-state index contributed by atoms with van der Waals surface area (Å²) in [6, 6.07) is 0. The number of aliphatic hydroxyl groups is 1. The molecule has 1 aromatic heterocycles. The number of carbonyl (C=O) groups excluding carboxylic acids is 1. The van der Waals surface area contributed by atoms with Gasteiger partial charge in [-0.2, -0.15) is 0 Å². The molecule has 2 rings (SSSR count). The van der Waals surface area contributed by atoms with Gasteiger partial charge in [0.15, 0.2) is 0 Å². The number of likely N-dealkylation sites (tertiary alicyclic amines) is 1. The maximum atomic E-state index is 12.5. The van der Waals surface area contributed by atoms with Crippen molar-refractivity contribution in [1.29, 1.82) is 0 Å². The lowest BCUT2D eigenvalue weighted by atomic mass is 9.81. The van der Waals surface area contributed by atoms with Gasteiger partial charge in [0, 0.05) is 24.4 Å². The number of aromatic nitrogens is 1. The Labute approximate surface area is 124 Å². The maximum Gasteiger partial charge on any atom is 0.273 e. The number of piperidine rings is 1. The Morgan fingerprint density at radius 2 is 2.35 bits per heavy atom. The number of nitrogens with zero attached hydrogens (tertiary/aromatic N) is 2. The van der Waals surface area contributed by atoms with E-state index in [-0.39, 0.29) is 11.8 Å². The Morgan fingerprint density at radius 1 is 1.60 bits per heavy atom. The van der Waals surface area contributed by atoms with Gasteiger partial charge in [-0.15, -0.1) is 11.3 Å². The highest BCUT2D eigenvalue weighted by Gasteiger charge is 2.38. The van der Waals surface area contributed by atoms with Gasteiger partial charge in [-0.05, 0) is 32.6 Å². The van der Waals surface area contributed by atoms with E-state index in [4.69, 9.17) is 0 Å². The van der Waals surface area contributed by atoms with Crippen LogP contribution in [0, 0.1) is 5.92 Å². The molecule has 20 heavy (non-hydrogen) atoms. The summed E-state index contributed by atoms with van der Waals surface area (Å²) in [6.45, 7) is 7.30. The SMILES string of the molecule is CCCc1nc(C(=O)N2CC[C@@](C)(O)[C@@H](CC)C2)cs1. The summed E-state index contributed by atoms with van der Waals surface area (Å²) in [6.07, 6.45) is 3.51. The van der Waals surface area contributed by atoms with E-state index < -0.39 is 5.60 Å². The smallest absolute Gasteiger partial charge is 0.273 e. The van der Waals surface area contributed by atoms with Gasteiger partial charge < -0.3 is 10.0 Å². The fraction of sp³-hybridized carbons (Fsp3) is 0.733. The van der Waals surface area contributed by atoms with E-state index in [2.05, 4.69) is 18.8 Å². The summed E-state index contributed by atoms with van der Waals surface area (Å²) in [5.41, 5.74) is -0.0871. The van der Waals surface area contributed by atoms with Gasteiger partial charge >= 0.3 is 0 Å². The Morgan fingerprint density at radius 3 is 3.00 bits per heavy atom. The lowest BCUT2D eigenvalue weighted by molar-refractivity contribution is -0.0522. The summed E-state index contributed by atoms with van der Waals surface area (Å²) in [5.74, 6) is 0.159. The van der Waals surface area contributed by atoms with Crippen molar-refractivity contribution in [1.82, 2.24) is 9.88 Å². The minimum Gasteiger partial charge on any atom is -0.390 e. The predicted molar refractivity (Wildman–Crippen MR) is 81.0 cm³/mol. The van der Waals surface area contributed by atoms with E-state index in [1.807, 2.05) is 17.2 Å². The maximum absolute atomic E-state index is 12.5. The van der Waals surface area contributed by atoms with Crippen LogP contribution in [-0.2, 0) is 6.42 Å². The Balaban J connectivity index is 2.05. The average molecular weight is 296 g/mol. The van der Waals surface area contributed by atoms with E-state index in [0.29, 0.717) is 25.2 Å². The second-order valence-corrected chi connectivity index (χ2v) is 6.78. The number of rotatable bonds is 4. The molecule has 112 valence electrons. The molecule has 1 fully saturated rings. The molecule has 0 aromatic carbocycles. The number of hydrogen-bond donors (Lipinski definition) is 1. The zero-order chi connectivity index (χ0) is 14.8. The van der Waals surface area contributed by atoms with Gasteiger partial charge in [-0.25, -0.2) is 4.98 Å². The fourth-order valence-corrected chi connectivity index (χ4v) is 3.65. The second kappa shape index (κ2) is 6.22. The molecule has 5 heteroatoms. The third kappa shape index (κ3) is 3.20. The predicted octanol–water partition coefficient (Wildman–Crippen LogP) is 2.72. The van der Waals surface area contributed by atoms with Crippen molar-refractivity contribution >= 4 is 17.2 Å². The molecule has 1 aromatic rings. The van der Waals surface area contributed by atoms with E-state index in [1.54, 1.807) is 11.3 Å². The van der Waals surface area contributed by atoms with Crippen molar-refractivity contribution in [3.8, 4) is 0 Å². The zero-order valence-corrected chi connectivity index (χ0v) is 13.4. The number of hydrogen-bond acceptors (Lipinski definition) is 4. The van der Waals surface area contributed by atoms with Crippen LogP contribution in [0.2, 0.25) is 0 Å². The lowest BCUT2D eigenvalue weighted by Crippen LogP contribution is -2.51. The third-order valence-electron chi connectivity index (χ3n) is 4.22. The first kappa shape index (κ1) is 15.4. The molecular weight excluding hydrogens is 272 g/mol. The van der Waals surface area contributed by atoms with E-state index in [9.17, 15) is 9.90 Å². The molecule has 0 spiro atoms. The Hall–Kier alpha value is -0.940. The third-order valence-corrected chi connectivity index (χ3v) is 5.13. The van der Waals surface area contributed by atoms with Gasteiger partial charge in [-0.1, -0.05) is 13.8 Å². The van der Waals surface area contributed by atoms with Crippen LogP contribution in [0.3, 0.4) is 0 Å². The molecule has 0 radical (unpaired) electrons. The van der Waals surface area contributed by atoms with Gasteiger partial charge in [0.05, 0.1) is 10.6 Å². The molecule has 2 heterocycles. The summed E-state index contributed by atoms with van der Waals surface area (Å²) in [7, 11) is 0. The monoisotopic (exact) mass is 296 g/mol. The number of aryl methyl sites for hydroxylation is 1. The van der Waals surface area contributed by atoms with E-state index >= 15 is 0 Å². The van der Waals surface area contributed by atoms with Crippen LogP contribution in [0.4, 0.5) is 0 Å². The number of thiazole rings is 1. The summed E-state index contributed by atoms with van der Waals surface area (Å²) in [5, 5.41) is 13.2. The van der Waals surface area contributed by atoms with Gasteiger partial charge in [-0.3, -0.25) is 4.79 Å². The molecule has 1 amide bonds. The number of carbonyl (C=O) groups is 1. The topological polar surface area (TPSA) is 53.4 Å². The largest absolute Gasteiger partial charge is 0.390 e. The summed E-state index contributed by atoms with van der Waals surface area (Å²) < 4.78 is 0. The molecule has 1 saturated heterocycles. The van der Waals surface area contributed by atoms with Crippen LogP contribution in [0.15, 0.2) is 5.38 Å². The van der Waals surface area contributed by atoms with Crippen LogP contribution in [-0.4, -0.2) is 39.6 Å². The van der Waals surface area contributed by atoms with Crippen LogP contribution in [0.5, 0.6) is 0 Å². The molecular formula is C15H24N2O2S. The van der Waals surface area contributed by atoms with Crippen LogP contribution in [0.1, 0.15) is 55.5 Å². The molecule has 0 saturated carbocycles. The van der Waals surface area contributed by atoms with Crippen molar-refractivity contribution in [2.24, 2.45) is 5.92 Å². The van der Waals surface area contributed by atoms with E-state index in [0.717, 1.165) is 24.3 Å². The van der Waals surface area contributed by atoms with Crippen molar-refractivity contribution in [3.05, 3.63) is 16.1 Å². The van der Waals surface area contributed by atoms with E-state index in [1.165, 1.54) is 0 Å². The summed E-state index contributed by atoms with van der Waals surface area (Å²) >= 11 is 1.56. The molecule has 0 unspecified atom stereocenters. The first-order chi connectivity index (χ1) is 9.47. The van der Waals surface area contributed by atoms with Gasteiger partial charge in [0.1, 0.15) is 5.69 Å². The molecule has 0 aliphatic carbocycles. The van der Waals surface area contributed by atoms with Gasteiger partial charge in [0.25, 0.3) is 5.91 Å². The summed E-state index contributed by atoms with van der Waals surface area (Å²) in [4.78, 5) is 18.7. The highest BCUT2D eigenvalue weighted by Crippen LogP contribution is 2.30. The first-order valence-corrected chi connectivity index (χ1v) is 8.32. The lowest BCUT2D eigenvalue weighted by Gasteiger charge is -2.42. The van der Waals surface area contributed by atoms with Crippen molar-refractivity contribution < 1.29 is 9.90 Å². The Kier molecular flexibility index (Phi) is 4.81. The zero-order valence-electron chi connectivity index (χ0n) is 12.6. The normalized spacial score (nSPS) is 26.8. The molecule has 1 aliphatic rings. The van der Waals surface area contributed by atoms with Crippen molar-refractivity contribution in [2.75, 3.05) is 13.1 Å². The molecule has 1 N–H and O–H groups in total. The minimum absolute atomic E-state index is 0.0116. The van der Waals surface area contributed by atoms with Crippen LogP contribution in [0.25, 0.3) is 0 Å². The molecule has 2 atom stereocenters. The second-order valence-electron chi connectivity index (χ2n) is 5.84. The standard InChI is InChI=1S/C15H24N2O2S/c1-4-6-13-16-12(10-20-13)14(18)17-8-7-15(3,19)11(5-2)9-17/h10-11,19H,4-9H2,1-3H3/t11-,15+/m0/s1. The van der Waals surface area contributed by atoms with Crippen LogP contribution < -0.4 is 0 Å². The Bertz CT molecular complexity index is 470.